The van der Waals surface area contributed by atoms with Crippen LogP contribution in [-0.4, -0.2) is 28.0 Å². The van der Waals surface area contributed by atoms with E-state index in [0.717, 1.165) is 77.7 Å². The number of halogens is 1. The predicted molar refractivity (Wildman–Crippen MR) is 126 cm³/mol. The minimum absolute atomic E-state index is 0.671. The Hall–Kier alpha value is -1.91. The summed E-state index contributed by atoms with van der Waals surface area (Å²) in [6.07, 6.45) is 20.8. The average Bonchev–Trinajstić information content (AvgIpc) is 3.32. The Labute approximate surface area is 184 Å². The molecule has 2 aromatic rings. The smallest absolute Gasteiger partial charge is 0.143 e. The number of hydrogen-bond donors (Lipinski definition) is 2. The van der Waals surface area contributed by atoms with E-state index >= 15 is 0 Å². The minimum atomic E-state index is 0.671. The number of hydrogen-bond acceptors (Lipinski definition) is 3. The van der Waals surface area contributed by atoms with Gasteiger partial charge in [-0.05, 0) is 69.9 Å². The van der Waals surface area contributed by atoms with Gasteiger partial charge >= 0.3 is 0 Å². The van der Waals surface area contributed by atoms with E-state index in [1.165, 1.54) is 24.8 Å². The molecule has 0 aliphatic heterocycles. The lowest BCUT2D eigenvalue weighted by Gasteiger charge is -2.12. The summed E-state index contributed by atoms with van der Waals surface area (Å²) in [4.78, 5) is 13.3. The van der Waals surface area contributed by atoms with E-state index in [9.17, 15) is 0 Å². The Kier molecular flexibility index (Phi) is 7.06. The molecule has 1 saturated carbocycles. The number of aryl methyl sites for hydroxylation is 2. The zero-order valence-electron chi connectivity index (χ0n) is 18.2. The van der Waals surface area contributed by atoms with Gasteiger partial charge in [0, 0.05) is 18.2 Å². The number of aromatic nitrogens is 3. The highest BCUT2D eigenvalue weighted by atomic mass is 35.5. The number of nitrogens with one attached hydrogen (secondary N) is 2. The van der Waals surface area contributed by atoms with Crippen LogP contribution in [-0.2, 0) is 19.3 Å². The van der Waals surface area contributed by atoms with Gasteiger partial charge < -0.3 is 10.3 Å². The lowest BCUT2D eigenvalue weighted by atomic mass is 9.99. The van der Waals surface area contributed by atoms with Gasteiger partial charge in [-0.15, -0.1) is 0 Å². The highest BCUT2D eigenvalue weighted by Gasteiger charge is 2.24. The van der Waals surface area contributed by atoms with Gasteiger partial charge in [0.1, 0.15) is 11.5 Å². The zero-order valence-corrected chi connectivity index (χ0v) is 18.9. The van der Waals surface area contributed by atoms with E-state index in [-0.39, 0.29) is 0 Å². The van der Waals surface area contributed by atoms with Crippen LogP contribution in [0.3, 0.4) is 0 Å². The van der Waals surface area contributed by atoms with Crippen LogP contribution in [0.1, 0.15) is 62.7 Å². The fourth-order valence-electron chi connectivity index (χ4n) is 4.74. The molecule has 0 saturated heterocycles. The second kappa shape index (κ2) is 9.93. The van der Waals surface area contributed by atoms with Crippen molar-refractivity contribution in [3.8, 4) is 0 Å². The summed E-state index contributed by atoms with van der Waals surface area (Å²) in [5.41, 5.74) is 4.30. The first-order valence-corrected chi connectivity index (χ1v) is 11.8. The van der Waals surface area contributed by atoms with E-state index < -0.39 is 0 Å². The summed E-state index contributed by atoms with van der Waals surface area (Å²) in [5, 5.41) is 5.27. The first-order chi connectivity index (χ1) is 14.7. The van der Waals surface area contributed by atoms with Gasteiger partial charge in [-0.1, -0.05) is 48.9 Å². The van der Waals surface area contributed by atoms with Gasteiger partial charge in [-0.3, -0.25) is 0 Å². The van der Waals surface area contributed by atoms with Crippen LogP contribution >= 0.6 is 11.6 Å². The van der Waals surface area contributed by atoms with Crippen molar-refractivity contribution in [2.45, 2.75) is 70.8 Å². The molecule has 30 heavy (non-hydrogen) atoms. The van der Waals surface area contributed by atoms with E-state index in [1.807, 2.05) is 0 Å². The summed E-state index contributed by atoms with van der Waals surface area (Å²) in [5.74, 6) is 1.64. The van der Waals surface area contributed by atoms with Gasteiger partial charge in [-0.2, -0.15) is 0 Å². The molecule has 2 aliphatic carbocycles. The maximum atomic E-state index is 6.73. The lowest BCUT2D eigenvalue weighted by molar-refractivity contribution is 0.478. The van der Waals surface area contributed by atoms with Gasteiger partial charge in [0.25, 0.3) is 0 Å². The van der Waals surface area contributed by atoms with Crippen molar-refractivity contribution in [3.63, 3.8) is 0 Å². The van der Waals surface area contributed by atoms with Crippen molar-refractivity contribution in [1.82, 2.24) is 20.3 Å². The molecule has 0 bridgehead atoms. The second-order valence-corrected chi connectivity index (χ2v) is 8.99. The van der Waals surface area contributed by atoms with Crippen LogP contribution in [0.15, 0.2) is 36.0 Å². The van der Waals surface area contributed by atoms with Gasteiger partial charge in [-0.25, -0.2) is 9.97 Å². The summed E-state index contributed by atoms with van der Waals surface area (Å²) in [6, 6.07) is 0.671. The van der Waals surface area contributed by atoms with Crippen LogP contribution in [0, 0.1) is 5.92 Å². The first kappa shape index (κ1) is 21.3. The molecule has 4 nitrogen and oxygen atoms in total. The SMILES string of the molecule is CCc1[nH]c2nc(CC3=CC=CCCC=C3)nc(CCC3CCC(NC)C3)c2c1Cl. The molecule has 2 aliphatic rings. The number of rotatable bonds is 7. The third kappa shape index (κ3) is 4.87. The average molecular weight is 425 g/mol. The number of aromatic amines is 1. The molecule has 2 N–H and O–H groups in total. The predicted octanol–water partition coefficient (Wildman–Crippen LogP) is 5.87. The van der Waals surface area contributed by atoms with Crippen molar-refractivity contribution in [1.29, 1.82) is 0 Å². The lowest BCUT2D eigenvalue weighted by Crippen LogP contribution is -2.21. The van der Waals surface area contributed by atoms with Gasteiger partial charge in [0.2, 0.25) is 0 Å². The molecule has 2 atom stereocenters. The highest BCUT2D eigenvalue weighted by Crippen LogP contribution is 2.33. The number of H-pyrrole nitrogens is 1. The maximum Gasteiger partial charge on any atom is 0.143 e. The molecule has 0 amide bonds. The number of fused-ring (bicyclic) bond motifs is 1. The van der Waals surface area contributed by atoms with E-state index in [1.54, 1.807) is 0 Å². The maximum absolute atomic E-state index is 6.73. The Morgan fingerprint density at radius 1 is 1.20 bits per heavy atom. The van der Waals surface area contributed by atoms with Crippen molar-refractivity contribution in [3.05, 3.63) is 58.2 Å². The molecule has 0 aromatic carbocycles. The topological polar surface area (TPSA) is 53.6 Å². The molecule has 4 rings (SSSR count). The number of allylic oxidation sites excluding steroid dienone is 6. The first-order valence-electron chi connectivity index (χ1n) is 11.4. The normalized spacial score (nSPS) is 21.8. The largest absolute Gasteiger partial charge is 0.342 e. The molecule has 0 spiro atoms. The Morgan fingerprint density at radius 3 is 2.87 bits per heavy atom. The zero-order chi connectivity index (χ0) is 20.9. The fraction of sp³-hybridized carbons (Fsp3) is 0.520. The number of nitrogens with zero attached hydrogens (tertiary/aromatic N) is 2. The summed E-state index contributed by atoms with van der Waals surface area (Å²) >= 11 is 6.73. The van der Waals surface area contributed by atoms with Crippen LogP contribution in [0.4, 0.5) is 0 Å². The van der Waals surface area contributed by atoms with Gasteiger partial charge in [0.15, 0.2) is 0 Å². The van der Waals surface area contributed by atoms with Crippen LogP contribution in [0.2, 0.25) is 5.02 Å². The van der Waals surface area contributed by atoms with E-state index in [0.29, 0.717) is 6.04 Å². The van der Waals surface area contributed by atoms with Crippen molar-refractivity contribution < 1.29 is 0 Å². The fourth-order valence-corrected chi connectivity index (χ4v) is 5.12. The third-order valence-electron chi connectivity index (χ3n) is 6.52. The molecule has 0 radical (unpaired) electrons. The van der Waals surface area contributed by atoms with Crippen molar-refractivity contribution in [2.24, 2.45) is 5.92 Å². The molecular weight excluding hydrogens is 392 g/mol. The summed E-state index contributed by atoms with van der Waals surface area (Å²) in [7, 11) is 2.08. The Bertz CT molecular complexity index is 969. The van der Waals surface area contributed by atoms with E-state index in [2.05, 4.69) is 54.7 Å². The third-order valence-corrected chi connectivity index (χ3v) is 6.93. The molecule has 5 heteroatoms. The highest BCUT2D eigenvalue weighted by molar-refractivity contribution is 6.36. The standard InChI is InChI=1S/C25H33ClN4/c1-3-20-24(26)23-21(14-12-18-11-13-19(15-18)27-2)28-22(30-25(23)29-20)16-17-9-7-5-4-6-8-10-17/h5,7-10,18-19,27H,3-4,6,11-16H2,1-2H3,(H,28,29,30). The Balaban J connectivity index is 1.61. The molecular formula is C25H33ClN4. The van der Waals surface area contributed by atoms with Crippen molar-refractivity contribution >= 4 is 22.6 Å². The summed E-state index contributed by atoms with van der Waals surface area (Å²) < 4.78 is 0. The molecule has 1 fully saturated rings. The summed E-state index contributed by atoms with van der Waals surface area (Å²) in [6.45, 7) is 2.12. The Morgan fingerprint density at radius 2 is 2.07 bits per heavy atom. The molecule has 160 valence electrons. The van der Waals surface area contributed by atoms with Gasteiger partial charge in [0.05, 0.1) is 16.1 Å². The van der Waals surface area contributed by atoms with Crippen LogP contribution in [0.25, 0.3) is 11.0 Å². The second-order valence-electron chi connectivity index (χ2n) is 8.61. The molecule has 2 unspecified atom stereocenters. The van der Waals surface area contributed by atoms with Crippen LogP contribution in [0.5, 0.6) is 0 Å². The monoisotopic (exact) mass is 424 g/mol. The van der Waals surface area contributed by atoms with E-state index in [4.69, 9.17) is 21.6 Å². The van der Waals surface area contributed by atoms with Crippen LogP contribution < -0.4 is 5.32 Å². The quantitative estimate of drug-likeness (QED) is 0.584. The van der Waals surface area contributed by atoms with Crippen molar-refractivity contribution in [2.75, 3.05) is 7.05 Å². The molecule has 2 aromatic heterocycles. The molecule has 2 heterocycles. The minimum Gasteiger partial charge on any atom is -0.342 e.